The monoisotopic (exact) mass is 480 g/mol. The minimum absolute atomic E-state index is 0.0335. The highest BCUT2D eigenvalue weighted by molar-refractivity contribution is 7.99. The smallest absolute Gasteiger partial charge is 0.275 e. The van der Waals surface area contributed by atoms with E-state index in [2.05, 4.69) is 21.9 Å². The Balaban J connectivity index is 1.75. The number of anilines is 1. The number of thioether (sulfide) groups is 1. The molecule has 10 heteroatoms. The number of piperidine rings is 1. The highest BCUT2D eigenvalue weighted by Crippen LogP contribution is 2.28. The molecule has 0 saturated carbocycles. The van der Waals surface area contributed by atoms with Gasteiger partial charge >= 0.3 is 0 Å². The highest BCUT2D eigenvalue weighted by atomic mass is 35.5. The highest BCUT2D eigenvalue weighted by Gasteiger charge is 2.32. The largest absolute Gasteiger partial charge is 0.321 e. The second kappa shape index (κ2) is 10.6. The van der Waals surface area contributed by atoms with Crippen molar-refractivity contribution in [1.29, 1.82) is 0 Å². The lowest BCUT2D eigenvalue weighted by Crippen LogP contribution is -2.43. The third-order valence-electron chi connectivity index (χ3n) is 5.03. The average Bonchev–Trinajstić information content (AvgIpc) is 2.78. The van der Waals surface area contributed by atoms with Gasteiger partial charge in [0.1, 0.15) is 0 Å². The minimum atomic E-state index is -3.57. The van der Waals surface area contributed by atoms with Crippen molar-refractivity contribution in [1.82, 2.24) is 14.3 Å². The van der Waals surface area contributed by atoms with Gasteiger partial charge in [-0.05, 0) is 43.5 Å². The summed E-state index contributed by atoms with van der Waals surface area (Å²) in [5.41, 5.74) is 0.503. The van der Waals surface area contributed by atoms with Gasteiger partial charge in [0, 0.05) is 24.0 Å². The summed E-state index contributed by atoms with van der Waals surface area (Å²) in [7, 11) is -3.57. The van der Waals surface area contributed by atoms with Crippen LogP contribution in [0.15, 0.2) is 53.2 Å². The molecule has 166 valence electrons. The maximum atomic E-state index is 13.1. The molecule has 1 saturated heterocycles. The standard InChI is InChI=1S/C21H25ClN4O3S2/c1-3-13-30-21-23-14-18(22)19(25-21)20(27)24-15-8-10-17(11-9-15)31(28,29)26-12-6-5-7-16(26)4-2/h3,8-11,14,16H,1,4-7,12-13H2,2H3,(H,24,27)/t16-/m1/s1. The quantitative estimate of drug-likeness (QED) is 0.337. The summed E-state index contributed by atoms with van der Waals surface area (Å²) in [4.78, 5) is 21.1. The number of sulfonamides is 1. The number of nitrogens with one attached hydrogen (secondary N) is 1. The molecule has 1 fully saturated rings. The fourth-order valence-corrected chi connectivity index (χ4v) is 5.94. The van der Waals surface area contributed by atoms with E-state index < -0.39 is 15.9 Å². The first-order valence-electron chi connectivity index (χ1n) is 10.1. The molecule has 0 radical (unpaired) electrons. The summed E-state index contributed by atoms with van der Waals surface area (Å²) in [6.45, 7) is 6.19. The molecule has 0 unspecified atom stereocenters. The van der Waals surface area contributed by atoms with Gasteiger partial charge in [0.15, 0.2) is 10.9 Å². The maximum Gasteiger partial charge on any atom is 0.275 e. The molecular formula is C21H25ClN4O3S2. The average molecular weight is 481 g/mol. The van der Waals surface area contributed by atoms with Crippen LogP contribution in [0.5, 0.6) is 0 Å². The molecule has 2 heterocycles. The summed E-state index contributed by atoms with van der Waals surface area (Å²) in [5.74, 6) is 0.111. The molecule has 1 aromatic carbocycles. The van der Waals surface area contributed by atoms with Crippen LogP contribution in [0.1, 0.15) is 43.1 Å². The van der Waals surface area contributed by atoms with Crippen LogP contribution in [-0.4, -0.2) is 46.9 Å². The Kier molecular flexibility index (Phi) is 8.10. The summed E-state index contributed by atoms with van der Waals surface area (Å²) >= 11 is 7.43. The number of rotatable bonds is 8. The van der Waals surface area contributed by atoms with Gasteiger partial charge in [-0.3, -0.25) is 4.79 Å². The maximum absolute atomic E-state index is 13.1. The lowest BCUT2D eigenvalue weighted by atomic mass is 10.0. The van der Waals surface area contributed by atoms with Crippen LogP contribution in [0.25, 0.3) is 0 Å². The predicted molar refractivity (Wildman–Crippen MR) is 124 cm³/mol. The fraction of sp³-hybridized carbons (Fsp3) is 0.381. The van der Waals surface area contributed by atoms with Crippen molar-refractivity contribution in [3.8, 4) is 0 Å². The van der Waals surface area contributed by atoms with Crippen LogP contribution in [0.2, 0.25) is 5.02 Å². The van der Waals surface area contributed by atoms with Crippen LogP contribution in [0.3, 0.4) is 0 Å². The first-order chi connectivity index (χ1) is 14.9. The number of benzene rings is 1. The van der Waals surface area contributed by atoms with Gasteiger partial charge < -0.3 is 5.32 Å². The molecule has 0 bridgehead atoms. The van der Waals surface area contributed by atoms with E-state index in [9.17, 15) is 13.2 Å². The predicted octanol–water partition coefficient (Wildman–Crippen LogP) is 4.61. The van der Waals surface area contributed by atoms with Crippen LogP contribution in [0, 0.1) is 0 Å². The normalized spacial score (nSPS) is 17.3. The summed E-state index contributed by atoms with van der Waals surface area (Å²) in [6.07, 6.45) is 6.69. The first-order valence-corrected chi connectivity index (χ1v) is 12.9. The van der Waals surface area contributed by atoms with Gasteiger partial charge in [-0.1, -0.05) is 42.8 Å². The van der Waals surface area contributed by atoms with Crippen molar-refractivity contribution in [2.24, 2.45) is 0 Å². The van der Waals surface area contributed by atoms with Crippen molar-refractivity contribution in [3.63, 3.8) is 0 Å². The zero-order valence-corrected chi connectivity index (χ0v) is 19.6. The molecule has 1 N–H and O–H groups in total. The fourth-order valence-electron chi connectivity index (χ4n) is 3.45. The Bertz CT molecular complexity index is 1050. The lowest BCUT2D eigenvalue weighted by Gasteiger charge is -2.34. The molecule has 7 nitrogen and oxygen atoms in total. The third-order valence-corrected chi connectivity index (χ3v) is 8.13. The number of hydrogen-bond acceptors (Lipinski definition) is 6. The van der Waals surface area contributed by atoms with Crippen molar-refractivity contribution < 1.29 is 13.2 Å². The zero-order valence-electron chi connectivity index (χ0n) is 17.3. The molecule has 1 atom stereocenters. The molecule has 1 aliphatic rings. The van der Waals surface area contributed by atoms with Gasteiger partial charge in [0.05, 0.1) is 16.1 Å². The Hall–Kier alpha value is -1.94. The second-order valence-electron chi connectivity index (χ2n) is 7.10. The molecule has 0 aliphatic carbocycles. The molecule has 2 aromatic rings. The summed E-state index contributed by atoms with van der Waals surface area (Å²) in [6, 6.07) is 6.19. The number of hydrogen-bond donors (Lipinski definition) is 1. The van der Waals surface area contributed by atoms with E-state index in [-0.39, 0.29) is 21.7 Å². The lowest BCUT2D eigenvalue weighted by molar-refractivity contribution is 0.102. The van der Waals surface area contributed by atoms with Crippen molar-refractivity contribution >= 4 is 45.0 Å². The van der Waals surface area contributed by atoms with Crippen molar-refractivity contribution in [2.45, 2.75) is 48.7 Å². The summed E-state index contributed by atoms with van der Waals surface area (Å²) < 4.78 is 27.8. The Morgan fingerprint density at radius 1 is 1.35 bits per heavy atom. The number of carbonyl (C=O) groups is 1. The van der Waals surface area contributed by atoms with E-state index in [1.165, 1.54) is 30.1 Å². The van der Waals surface area contributed by atoms with E-state index in [1.54, 1.807) is 22.5 Å². The molecule has 31 heavy (non-hydrogen) atoms. The number of amides is 1. The van der Waals surface area contributed by atoms with E-state index in [1.807, 2.05) is 6.92 Å². The van der Waals surface area contributed by atoms with Crippen molar-refractivity contribution in [2.75, 3.05) is 17.6 Å². The SMILES string of the molecule is C=CCSc1ncc(Cl)c(C(=O)Nc2ccc(S(=O)(=O)N3CCCC[C@H]3CC)cc2)n1. The van der Waals surface area contributed by atoms with Gasteiger partial charge in [-0.15, -0.1) is 6.58 Å². The molecule has 1 aliphatic heterocycles. The van der Waals surface area contributed by atoms with Crippen LogP contribution in [0.4, 0.5) is 5.69 Å². The number of nitrogens with zero attached hydrogens (tertiary/aromatic N) is 3. The van der Waals surface area contributed by atoms with E-state index in [0.29, 0.717) is 23.1 Å². The van der Waals surface area contributed by atoms with Crippen molar-refractivity contribution in [3.05, 3.63) is 53.8 Å². The Morgan fingerprint density at radius 3 is 2.77 bits per heavy atom. The minimum Gasteiger partial charge on any atom is -0.321 e. The number of carbonyl (C=O) groups excluding carboxylic acids is 1. The molecule has 0 spiro atoms. The summed E-state index contributed by atoms with van der Waals surface area (Å²) in [5, 5.41) is 3.26. The molecule has 3 rings (SSSR count). The number of aromatic nitrogens is 2. The Morgan fingerprint density at radius 2 is 2.10 bits per heavy atom. The van der Waals surface area contributed by atoms with Gasteiger partial charge in [-0.2, -0.15) is 4.31 Å². The molecular weight excluding hydrogens is 456 g/mol. The van der Waals surface area contributed by atoms with Crippen LogP contribution >= 0.6 is 23.4 Å². The zero-order chi connectivity index (χ0) is 22.4. The van der Waals surface area contributed by atoms with Gasteiger partial charge in [-0.25, -0.2) is 18.4 Å². The first kappa shape index (κ1) is 23.7. The molecule has 1 amide bonds. The number of halogens is 1. The molecule has 1 aromatic heterocycles. The second-order valence-corrected chi connectivity index (χ2v) is 10.4. The topological polar surface area (TPSA) is 92.3 Å². The van der Waals surface area contributed by atoms with E-state index >= 15 is 0 Å². The van der Waals surface area contributed by atoms with Gasteiger partial charge in [0.2, 0.25) is 10.0 Å². The Labute approximate surface area is 192 Å². The van der Waals surface area contributed by atoms with Gasteiger partial charge in [0.25, 0.3) is 5.91 Å². The van der Waals surface area contributed by atoms with E-state index in [0.717, 1.165) is 25.7 Å². The van der Waals surface area contributed by atoms with Crippen LogP contribution in [-0.2, 0) is 10.0 Å². The third kappa shape index (κ3) is 5.65. The van der Waals surface area contributed by atoms with Crippen LogP contribution < -0.4 is 5.32 Å². The van der Waals surface area contributed by atoms with E-state index in [4.69, 9.17) is 11.6 Å².